The van der Waals surface area contributed by atoms with Crippen molar-refractivity contribution in [3.05, 3.63) is 0 Å². The Kier molecular flexibility index (Phi) is 4.99. The van der Waals surface area contributed by atoms with E-state index in [1.165, 1.54) is 12.8 Å². The Balaban J connectivity index is 2.29. The number of amides is 1. The Morgan fingerprint density at radius 3 is 2.47 bits per heavy atom. The summed E-state index contributed by atoms with van der Waals surface area (Å²) in [7, 11) is 0. The van der Waals surface area contributed by atoms with E-state index in [0.717, 1.165) is 25.7 Å². The van der Waals surface area contributed by atoms with Crippen molar-refractivity contribution in [1.29, 1.82) is 0 Å². The number of carbonyl (C=O) groups excluding carboxylic acids is 1. The van der Waals surface area contributed by atoms with Crippen molar-refractivity contribution in [3.63, 3.8) is 0 Å². The molecule has 0 saturated heterocycles. The summed E-state index contributed by atoms with van der Waals surface area (Å²) in [5.74, 6) is 0.133. The Bertz CT molecular complexity index is 257. The van der Waals surface area contributed by atoms with E-state index < -0.39 is 0 Å². The third-order valence-corrected chi connectivity index (χ3v) is 3.94. The second-order valence-electron chi connectivity index (χ2n) is 6.18. The molecule has 17 heavy (non-hydrogen) atoms. The van der Waals surface area contributed by atoms with Crippen LogP contribution in [0.25, 0.3) is 0 Å². The Hall–Kier alpha value is -0.570. The summed E-state index contributed by atoms with van der Waals surface area (Å²) in [6.45, 7) is 7.03. The summed E-state index contributed by atoms with van der Waals surface area (Å²) in [5, 5.41) is 12.2. The molecule has 100 valence electrons. The Morgan fingerprint density at radius 2 is 2.00 bits per heavy atom. The van der Waals surface area contributed by atoms with Crippen LogP contribution < -0.4 is 5.32 Å². The standard InChI is InChI=1S/C14H27NO2/c1-4-5-6-7-13(2,3)12(17)15-10-14(11-16)8-9-14/h16H,4-11H2,1-3H3,(H,15,17). The lowest BCUT2D eigenvalue weighted by Crippen LogP contribution is -2.40. The summed E-state index contributed by atoms with van der Waals surface area (Å²) in [4.78, 5) is 12.1. The molecule has 0 spiro atoms. The minimum absolute atomic E-state index is 0.00909. The lowest BCUT2D eigenvalue weighted by atomic mass is 9.85. The van der Waals surface area contributed by atoms with Gasteiger partial charge in [0, 0.05) is 17.4 Å². The van der Waals surface area contributed by atoms with Crippen LogP contribution in [0.4, 0.5) is 0 Å². The topological polar surface area (TPSA) is 49.3 Å². The summed E-state index contributed by atoms with van der Waals surface area (Å²) in [6, 6.07) is 0. The maximum Gasteiger partial charge on any atom is 0.225 e. The molecule has 0 unspecified atom stereocenters. The lowest BCUT2D eigenvalue weighted by Gasteiger charge is -2.25. The maximum absolute atomic E-state index is 12.1. The van der Waals surface area contributed by atoms with Gasteiger partial charge in [-0.1, -0.05) is 40.0 Å². The van der Waals surface area contributed by atoms with Crippen LogP contribution in [0.1, 0.15) is 59.3 Å². The number of aliphatic hydroxyl groups excluding tert-OH is 1. The first-order valence-electron chi connectivity index (χ1n) is 6.85. The molecule has 1 aliphatic carbocycles. The largest absolute Gasteiger partial charge is 0.396 e. The molecular weight excluding hydrogens is 214 g/mol. The van der Waals surface area contributed by atoms with E-state index in [1.807, 2.05) is 13.8 Å². The number of hydrogen-bond acceptors (Lipinski definition) is 2. The maximum atomic E-state index is 12.1. The highest BCUT2D eigenvalue weighted by molar-refractivity contribution is 5.81. The monoisotopic (exact) mass is 241 g/mol. The van der Waals surface area contributed by atoms with Gasteiger partial charge in [-0.3, -0.25) is 4.79 Å². The molecule has 0 bridgehead atoms. The number of aliphatic hydroxyl groups is 1. The predicted octanol–water partition coefficient (Wildman–Crippen LogP) is 2.48. The van der Waals surface area contributed by atoms with E-state index in [2.05, 4.69) is 12.2 Å². The molecule has 1 aliphatic rings. The second kappa shape index (κ2) is 5.85. The fraction of sp³-hybridized carbons (Fsp3) is 0.929. The van der Waals surface area contributed by atoms with Crippen molar-refractivity contribution in [1.82, 2.24) is 5.32 Å². The molecule has 0 aromatic heterocycles. The van der Waals surface area contributed by atoms with Gasteiger partial charge in [0.2, 0.25) is 5.91 Å². The van der Waals surface area contributed by atoms with Crippen LogP contribution in [0.3, 0.4) is 0 Å². The van der Waals surface area contributed by atoms with Crippen molar-refractivity contribution in [2.45, 2.75) is 59.3 Å². The van der Waals surface area contributed by atoms with Gasteiger partial charge in [-0.25, -0.2) is 0 Å². The van der Waals surface area contributed by atoms with Crippen LogP contribution in [0, 0.1) is 10.8 Å². The van der Waals surface area contributed by atoms with Crippen LogP contribution in [0.2, 0.25) is 0 Å². The van der Waals surface area contributed by atoms with Gasteiger partial charge in [-0.05, 0) is 19.3 Å². The first-order chi connectivity index (χ1) is 7.96. The molecule has 2 N–H and O–H groups in total. The van der Waals surface area contributed by atoms with Gasteiger partial charge < -0.3 is 10.4 Å². The van der Waals surface area contributed by atoms with E-state index in [0.29, 0.717) is 6.54 Å². The summed E-state index contributed by atoms with van der Waals surface area (Å²) in [5.41, 5.74) is -0.268. The number of carbonyl (C=O) groups is 1. The molecule has 0 atom stereocenters. The highest BCUT2D eigenvalue weighted by Crippen LogP contribution is 2.44. The minimum atomic E-state index is -0.277. The first kappa shape index (κ1) is 14.5. The van der Waals surface area contributed by atoms with Gasteiger partial charge >= 0.3 is 0 Å². The Labute approximate surface area is 105 Å². The third kappa shape index (κ3) is 4.30. The van der Waals surface area contributed by atoms with Gasteiger partial charge in [0.25, 0.3) is 0 Å². The van der Waals surface area contributed by atoms with Crippen molar-refractivity contribution >= 4 is 5.91 Å². The fourth-order valence-corrected chi connectivity index (χ4v) is 2.01. The average molecular weight is 241 g/mol. The fourth-order valence-electron chi connectivity index (χ4n) is 2.01. The molecule has 0 aromatic carbocycles. The molecule has 3 nitrogen and oxygen atoms in total. The first-order valence-corrected chi connectivity index (χ1v) is 6.85. The van der Waals surface area contributed by atoms with Crippen LogP contribution >= 0.6 is 0 Å². The molecule has 0 aromatic rings. The van der Waals surface area contributed by atoms with E-state index in [1.54, 1.807) is 0 Å². The van der Waals surface area contributed by atoms with Crippen molar-refractivity contribution in [3.8, 4) is 0 Å². The van der Waals surface area contributed by atoms with Crippen LogP contribution in [0.5, 0.6) is 0 Å². The number of rotatable bonds is 8. The zero-order valence-corrected chi connectivity index (χ0v) is 11.5. The zero-order valence-electron chi connectivity index (χ0n) is 11.5. The third-order valence-electron chi connectivity index (χ3n) is 3.94. The molecule has 1 fully saturated rings. The molecule has 1 rings (SSSR count). The van der Waals surface area contributed by atoms with Gasteiger partial charge in [-0.2, -0.15) is 0 Å². The highest BCUT2D eigenvalue weighted by atomic mass is 16.3. The average Bonchev–Trinajstić information content (AvgIpc) is 3.07. The van der Waals surface area contributed by atoms with E-state index in [4.69, 9.17) is 0 Å². The smallest absolute Gasteiger partial charge is 0.225 e. The predicted molar refractivity (Wildman–Crippen MR) is 69.7 cm³/mol. The summed E-state index contributed by atoms with van der Waals surface area (Å²) >= 11 is 0. The van der Waals surface area contributed by atoms with Crippen molar-refractivity contribution in [2.75, 3.05) is 13.2 Å². The van der Waals surface area contributed by atoms with Crippen LogP contribution in [-0.4, -0.2) is 24.2 Å². The minimum Gasteiger partial charge on any atom is -0.396 e. The molecule has 0 aliphatic heterocycles. The number of unbranched alkanes of at least 4 members (excludes halogenated alkanes) is 2. The molecule has 0 radical (unpaired) electrons. The zero-order chi connectivity index (χ0) is 12.9. The van der Waals surface area contributed by atoms with E-state index >= 15 is 0 Å². The molecule has 1 saturated carbocycles. The lowest BCUT2D eigenvalue weighted by molar-refractivity contribution is -0.130. The van der Waals surface area contributed by atoms with Crippen molar-refractivity contribution in [2.24, 2.45) is 10.8 Å². The number of nitrogens with one attached hydrogen (secondary N) is 1. The van der Waals surface area contributed by atoms with Crippen molar-refractivity contribution < 1.29 is 9.90 Å². The van der Waals surface area contributed by atoms with E-state index in [-0.39, 0.29) is 23.3 Å². The molecule has 1 amide bonds. The van der Waals surface area contributed by atoms with Gasteiger partial charge in [0.05, 0.1) is 6.61 Å². The van der Waals surface area contributed by atoms with E-state index in [9.17, 15) is 9.90 Å². The number of hydrogen-bond donors (Lipinski definition) is 2. The second-order valence-corrected chi connectivity index (χ2v) is 6.18. The van der Waals surface area contributed by atoms with Crippen LogP contribution in [0.15, 0.2) is 0 Å². The normalized spacial score (nSPS) is 17.9. The molecular formula is C14H27NO2. The summed E-state index contributed by atoms with van der Waals surface area (Å²) < 4.78 is 0. The Morgan fingerprint density at radius 1 is 1.35 bits per heavy atom. The summed E-state index contributed by atoms with van der Waals surface area (Å²) in [6.07, 6.45) is 6.52. The van der Waals surface area contributed by atoms with Gasteiger partial charge in [0.1, 0.15) is 0 Å². The highest BCUT2D eigenvalue weighted by Gasteiger charge is 2.42. The quantitative estimate of drug-likeness (QED) is 0.641. The molecule has 3 heteroatoms. The SMILES string of the molecule is CCCCCC(C)(C)C(=O)NCC1(CO)CC1. The van der Waals surface area contributed by atoms with Crippen LogP contribution in [-0.2, 0) is 4.79 Å². The molecule has 0 heterocycles. The van der Waals surface area contributed by atoms with Gasteiger partial charge in [-0.15, -0.1) is 0 Å². The van der Waals surface area contributed by atoms with Gasteiger partial charge in [0.15, 0.2) is 0 Å².